The molecule has 0 unspecified atom stereocenters. The van der Waals surface area contributed by atoms with Crippen molar-refractivity contribution in [3.05, 3.63) is 89.1 Å². The van der Waals surface area contributed by atoms with Crippen molar-refractivity contribution < 1.29 is 35.9 Å². The molecule has 10 nitrogen and oxygen atoms in total. The van der Waals surface area contributed by atoms with Crippen LogP contribution in [0.2, 0.25) is 0 Å². The predicted octanol–water partition coefficient (Wildman–Crippen LogP) is 6.31. The van der Waals surface area contributed by atoms with E-state index in [1.807, 2.05) is 0 Å². The molecule has 15 heteroatoms. The van der Waals surface area contributed by atoms with Crippen LogP contribution in [0.4, 0.5) is 29.1 Å². The van der Waals surface area contributed by atoms with Crippen molar-refractivity contribution in [3.8, 4) is 17.0 Å². The average molecular weight is 657 g/mol. The van der Waals surface area contributed by atoms with Gasteiger partial charge in [0.1, 0.15) is 16.4 Å². The van der Waals surface area contributed by atoms with Gasteiger partial charge < -0.3 is 10.4 Å². The summed E-state index contributed by atoms with van der Waals surface area (Å²) >= 11 is 0. The Hall–Kier alpha value is -5.05. The molecule has 3 heterocycles. The molecule has 0 spiro atoms. The largest absolute Gasteiger partial charge is 0.505 e. The van der Waals surface area contributed by atoms with Gasteiger partial charge in [0.25, 0.3) is 10.0 Å². The summed E-state index contributed by atoms with van der Waals surface area (Å²) in [7, 11) is -2.62. The molecule has 2 aromatic carbocycles. The molecule has 240 valence electrons. The van der Waals surface area contributed by atoms with Crippen LogP contribution in [-0.2, 0) is 23.0 Å². The fraction of sp³-hybridized carbons (Fsp3) is 0.226. The summed E-state index contributed by atoms with van der Waals surface area (Å²) in [6.45, 7) is 3.32. The molecule has 0 bridgehead atoms. The molecule has 0 aliphatic carbocycles. The number of ketones is 1. The summed E-state index contributed by atoms with van der Waals surface area (Å²) in [5.41, 5.74) is 0.981. The van der Waals surface area contributed by atoms with E-state index in [1.165, 1.54) is 25.4 Å². The zero-order chi connectivity index (χ0) is 33.4. The number of aromatic hydroxyl groups is 1. The van der Waals surface area contributed by atoms with Gasteiger partial charge in [0.05, 0.1) is 28.7 Å². The first-order valence-corrected chi connectivity index (χ1v) is 15.4. The molecule has 0 amide bonds. The number of sulfonamides is 1. The van der Waals surface area contributed by atoms with Crippen molar-refractivity contribution in [1.29, 1.82) is 0 Å². The number of nitrogens with zero attached hydrogens (tertiary/aromatic N) is 4. The van der Waals surface area contributed by atoms with E-state index in [2.05, 4.69) is 25.5 Å². The number of H-pyrrole nitrogens is 1. The second-order valence-electron chi connectivity index (χ2n) is 10.5. The van der Waals surface area contributed by atoms with Crippen molar-refractivity contribution in [1.82, 2.24) is 20.2 Å². The Kier molecular flexibility index (Phi) is 8.71. The van der Waals surface area contributed by atoms with Crippen LogP contribution in [0.25, 0.3) is 22.2 Å². The number of carbonyl (C=O) groups excluding carboxylic acids is 1. The van der Waals surface area contributed by atoms with E-state index in [0.29, 0.717) is 23.0 Å². The summed E-state index contributed by atoms with van der Waals surface area (Å²) in [5, 5.41) is 20.0. The second kappa shape index (κ2) is 12.4. The lowest BCUT2D eigenvalue weighted by atomic mass is 9.99. The summed E-state index contributed by atoms with van der Waals surface area (Å²) in [6, 6.07) is 12.5. The topological polar surface area (TPSA) is 141 Å². The number of phenolic OH excluding ortho intramolecular Hbond substituents is 1. The maximum atomic E-state index is 14.5. The number of hydrogen-bond acceptors (Lipinski definition) is 8. The fourth-order valence-corrected chi connectivity index (χ4v) is 6.11. The number of fused-ring (bicyclic) bond motifs is 1. The summed E-state index contributed by atoms with van der Waals surface area (Å²) < 4.78 is 82.7. The molecule has 0 aliphatic heterocycles. The SMILES string of the molecule is CCC(=O)c1n[nH]c2cc(-c3cc(F)c(O)cc3CC(F)(F)F)nc(NCc3ccccc3N(C)S(=O)(=O)c3ccc(C)nc3)c12. The van der Waals surface area contributed by atoms with Gasteiger partial charge in [-0.2, -0.15) is 18.3 Å². The molecule has 3 aromatic heterocycles. The Morgan fingerprint density at radius 1 is 1.09 bits per heavy atom. The molecular weight excluding hydrogens is 628 g/mol. The van der Waals surface area contributed by atoms with Gasteiger partial charge in [-0.25, -0.2) is 17.8 Å². The molecule has 0 atom stereocenters. The van der Waals surface area contributed by atoms with Crippen LogP contribution in [0.3, 0.4) is 0 Å². The predicted molar refractivity (Wildman–Crippen MR) is 164 cm³/mol. The highest BCUT2D eigenvalue weighted by atomic mass is 32.2. The minimum atomic E-state index is -4.68. The Morgan fingerprint density at radius 3 is 2.50 bits per heavy atom. The number of para-hydroxylation sites is 1. The lowest BCUT2D eigenvalue weighted by molar-refractivity contribution is -0.127. The maximum absolute atomic E-state index is 14.5. The van der Waals surface area contributed by atoms with Crippen molar-refractivity contribution in [2.24, 2.45) is 0 Å². The van der Waals surface area contributed by atoms with E-state index in [0.717, 1.165) is 10.4 Å². The van der Waals surface area contributed by atoms with Crippen LogP contribution in [-0.4, -0.2) is 52.7 Å². The van der Waals surface area contributed by atoms with Gasteiger partial charge in [0, 0.05) is 37.5 Å². The summed E-state index contributed by atoms with van der Waals surface area (Å²) in [5.74, 6) is -2.40. The minimum Gasteiger partial charge on any atom is -0.505 e. The Morgan fingerprint density at radius 2 is 1.83 bits per heavy atom. The number of hydrogen-bond donors (Lipinski definition) is 3. The molecule has 0 saturated carbocycles. The highest BCUT2D eigenvalue weighted by Gasteiger charge is 2.31. The second-order valence-corrected chi connectivity index (χ2v) is 12.4. The number of phenols is 1. The number of benzene rings is 2. The van der Waals surface area contributed by atoms with Crippen LogP contribution in [0.1, 0.15) is 40.7 Å². The number of halogens is 4. The monoisotopic (exact) mass is 656 g/mol. The number of aromatic nitrogens is 4. The molecule has 0 radical (unpaired) electrons. The molecular formula is C31H28F4N6O4S. The van der Waals surface area contributed by atoms with Crippen LogP contribution in [0, 0.1) is 12.7 Å². The van der Waals surface area contributed by atoms with Crippen LogP contribution in [0.15, 0.2) is 65.7 Å². The number of aromatic amines is 1. The third-order valence-electron chi connectivity index (χ3n) is 7.29. The first-order chi connectivity index (χ1) is 21.7. The summed E-state index contributed by atoms with van der Waals surface area (Å²) in [6.07, 6.45) is -4.78. The lowest BCUT2D eigenvalue weighted by Gasteiger charge is -2.23. The van der Waals surface area contributed by atoms with E-state index in [9.17, 15) is 35.9 Å². The maximum Gasteiger partial charge on any atom is 0.393 e. The Bertz CT molecular complexity index is 2050. The average Bonchev–Trinajstić information content (AvgIpc) is 3.44. The molecule has 3 N–H and O–H groups in total. The summed E-state index contributed by atoms with van der Waals surface area (Å²) in [4.78, 5) is 21.3. The number of alkyl halides is 3. The third kappa shape index (κ3) is 6.49. The van der Waals surface area contributed by atoms with Gasteiger partial charge in [-0.1, -0.05) is 25.1 Å². The van der Waals surface area contributed by atoms with Gasteiger partial charge in [0.2, 0.25) is 0 Å². The number of pyridine rings is 2. The number of rotatable bonds is 10. The Labute approximate surface area is 261 Å². The molecule has 5 aromatic rings. The lowest BCUT2D eigenvalue weighted by Crippen LogP contribution is -2.28. The highest BCUT2D eigenvalue weighted by molar-refractivity contribution is 7.92. The van der Waals surface area contributed by atoms with Crippen molar-refractivity contribution >= 4 is 38.2 Å². The van der Waals surface area contributed by atoms with Crippen LogP contribution in [0.5, 0.6) is 5.75 Å². The molecule has 0 fully saturated rings. The Balaban J connectivity index is 1.59. The van der Waals surface area contributed by atoms with Gasteiger partial charge in [-0.05, 0) is 54.4 Å². The van der Waals surface area contributed by atoms with Gasteiger partial charge >= 0.3 is 6.18 Å². The number of Topliss-reactive ketones (excluding diaryl/α,β-unsaturated/α-hetero) is 1. The number of aryl methyl sites for hydroxylation is 1. The fourth-order valence-electron chi connectivity index (χ4n) is 4.93. The zero-order valence-corrected chi connectivity index (χ0v) is 25.6. The number of carbonyl (C=O) groups is 1. The quantitative estimate of drug-likeness (QED) is 0.117. The highest BCUT2D eigenvalue weighted by Crippen LogP contribution is 2.36. The van der Waals surface area contributed by atoms with E-state index in [4.69, 9.17) is 0 Å². The first kappa shape index (κ1) is 32.3. The third-order valence-corrected chi connectivity index (χ3v) is 9.04. The normalized spacial score (nSPS) is 12.0. The van der Waals surface area contributed by atoms with E-state index < -0.39 is 39.8 Å². The standard InChI is InChI=1S/C31H28F4N6O4S/c1-4-26(42)29-28-24(39-40-29)13-23(21-12-22(32)27(43)11-19(21)14-31(33,34)35)38-30(28)37-15-18-7-5-6-8-25(18)41(3)46(44,45)20-10-9-17(2)36-16-20/h5-13,16,43H,4,14-15H2,1-3H3,(H,37,38)(H,39,40). The van der Waals surface area contributed by atoms with Crippen molar-refractivity contribution in [2.45, 2.75) is 44.3 Å². The van der Waals surface area contributed by atoms with Crippen molar-refractivity contribution in [3.63, 3.8) is 0 Å². The van der Waals surface area contributed by atoms with E-state index in [1.54, 1.807) is 44.2 Å². The van der Waals surface area contributed by atoms with E-state index >= 15 is 0 Å². The van der Waals surface area contributed by atoms with Crippen LogP contribution >= 0.6 is 0 Å². The van der Waals surface area contributed by atoms with Gasteiger partial charge in [-0.3, -0.25) is 19.2 Å². The molecule has 0 aliphatic rings. The smallest absolute Gasteiger partial charge is 0.393 e. The van der Waals surface area contributed by atoms with E-state index in [-0.39, 0.29) is 57.3 Å². The zero-order valence-electron chi connectivity index (χ0n) is 24.8. The minimum absolute atomic E-state index is 0.0173. The molecule has 5 rings (SSSR count). The van der Waals surface area contributed by atoms with Crippen LogP contribution < -0.4 is 9.62 Å². The first-order valence-electron chi connectivity index (χ1n) is 13.9. The number of anilines is 2. The van der Waals surface area contributed by atoms with Gasteiger partial charge in [-0.15, -0.1) is 0 Å². The van der Waals surface area contributed by atoms with Gasteiger partial charge in [0.15, 0.2) is 17.3 Å². The molecule has 0 saturated heterocycles. The van der Waals surface area contributed by atoms with Crippen molar-refractivity contribution in [2.75, 3.05) is 16.7 Å². The number of nitrogens with one attached hydrogen (secondary N) is 2. The molecule has 46 heavy (non-hydrogen) atoms.